The standard InChI is InChI=1S/C6H16NOSi.C5H5.2CH3.2ClH.H2Si.Zr/c1-9(2,3)8-6-4-5-7;1-2-4-5-3-1;;;;;;/h7H,4-6H2,1-3H3;1-3H,4H2;2*1H3;2*1H;1H2;/q-1;;;;;;;+1. The van der Waals surface area contributed by atoms with Crippen LogP contribution in [0.1, 0.15) is 12.8 Å². The van der Waals surface area contributed by atoms with Crippen molar-refractivity contribution in [1.29, 1.82) is 0 Å². The molecule has 0 atom stereocenters. The smallest absolute Gasteiger partial charge is 0.147 e. The van der Waals surface area contributed by atoms with Crippen molar-refractivity contribution in [3.63, 3.8) is 0 Å². The van der Waals surface area contributed by atoms with E-state index in [0.717, 1.165) is 19.6 Å². The van der Waals surface area contributed by atoms with Gasteiger partial charge in [0, 0.05) is 0 Å². The van der Waals surface area contributed by atoms with Gasteiger partial charge in [0.2, 0.25) is 0 Å². The Morgan fingerprint density at radius 2 is 1.90 bits per heavy atom. The zero-order valence-electron chi connectivity index (χ0n) is 13.5. The van der Waals surface area contributed by atoms with E-state index in [1.807, 2.05) is 0 Å². The molecule has 1 rings (SSSR count). The van der Waals surface area contributed by atoms with Gasteiger partial charge in [-0.15, -0.1) is 24.8 Å². The van der Waals surface area contributed by atoms with Crippen LogP contribution in [0.5, 0.6) is 0 Å². The van der Waals surface area contributed by atoms with Crippen LogP contribution < -0.4 is 3.26 Å². The molecule has 120 valence electrons. The van der Waals surface area contributed by atoms with Crippen LogP contribution in [-0.4, -0.2) is 28.3 Å². The molecule has 2 nitrogen and oxygen atoms in total. The van der Waals surface area contributed by atoms with Crippen LogP contribution in [0.3, 0.4) is 0 Å². The van der Waals surface area contributed by atoms with Gasteiger partial charge in [-0.05, 0) is 0 Å². The average Bonchev–Trinajstić information content (AvgIpc) is 2.67. The summed E-state index contributed by atoms with van der Waals surface area (Å²) in [6, 6.07) is 0. The molecular formula is C13H31Cl2NOSi2Zr. The summed E-state index contributed by atoms with van der Waals surface area (Å²) < 4.78 is 16.5. The van der Waals surface area contributed by atoms with Crippen LogP contribution in [0.4, 0.5) is 0 Å². The minimum Gasteiger partial charge on any atom is -0.147 e. The minimum absolute atomic E-state index is 0. The molecule has 1 N–H and O–H groups in total. The van der Waals surface area contributed by atoms with Crippen LogP contribution in [0.2, 0.25) is 28.9 Å². The molecular weight excluding hydrogens is 404 g/mol. The zero-order valence-corrected chi connectivity index (χ0v) is 20.0. The second kappa shape index (κ2) is 8.81. The topological polar surface area (TPSA) is 21.3 Å². The van der Waals surface area contributed by atoms with Gasteiger partial charge in [-0.3, -0.25) is 0 Å². The van der Waals surface area contributed by atoms with Crippen LogP contribution >= 0.6 is 24.8 Å². The quantitative estimate of drug-likeness (QED) is 0.486. The monoisotopic (exact) mass is 433 g/mol. The molecule has 20 heavy (non-hydrogen) atoms. The van der Waals surface area contributed by atoms with Gasteiger partial charge in [-0.2, -0.15) is 0 Å². The van der Waals surface area contributed by atoms with Crippen molar-refractivity contribution < 1.29 is 22.1 Å². The molecule has 0 heterocycles. The molecule has 1 aliphatic carbocycles. The van der Waals surface area contributed by atoms with E-state index < -0.39 is 26.0 Å². The summed E-state index contributed by atoms with van der Waals surface area (Å²) in [6.07, 6.45) is 9.12. The Hall–Kier alpha value is 1.30. The fourth-order valence-electron chi connectivity index (χ4n) is 2.10. The summed E-state index contributed by atoms with van der Waals surface area (Å²) in [7, 11) is -1.33. The van der Waals surface area contributed by atoms with Gasteiger partial charge in [0.25, 0.3) is 0 Å². The Kier molecular flexibility index (Phi) is 10.4. The van der Waals surface area contributed by atoms with Crippen LogP contribution in [0.25, 0.3) is 0 Å². The van der Waals surface area contributed by atoms with Crippen LogP contribution in [0.15, 0.2) is 21.5 Å². The summed E-state index contributed by atoms with van der Waals surface area (Å²) >= 11 is -2.73. The van der Waals surface area contributed by atoms with Crippen molar-refractivity contribution in [2.75, 3.05) is 13.2 Å². The maximum Gasteiger partial charge on any atom is -0.147 e. The van der Waals surface area contributed by atoms with Crippen molar-refractivity contribution in [3.05, 3.63) is 21.5 Å². The molecule has 0 aromatic carbocycles. The van der Waals surface area contributed by atoms with E-state index in [9.17, 15) is 0 Å². The van der Waals surface area contributed by atoms with Gasteiger partial charge in [0.15, 0.2) is 0 Å². The van der Waals surface area contributed by atoms with E-state index in [0.29, 0.717) is 0 Å². The molecule has 0 saturated heterocycles. The molecule has 0 aliphatic heterocycles. The third kappa shape index (κ3) is 8.67. The first-order valence-electron chi connectivity index (χ1n) is 6.92. The number of hydrogen-bond donors (Lipinski definition) is 1. The molecule has 0 fully saturated rings. The van der Waals surface area contributed by atoms with Crippen molar-refractivity contribution in [2.45, 2.75) is 41.7 Å². The fourth-order valence-corrected chi connectivity index (χ4v) is 11.9. The molecule has 0 aromatic heterocycles. The van der Waals surface area contributed by atoms with E-state index in [4.69, 9.17) is 4.43 Å². The molecule has 0 radical (unpaired) electrons. The summed E-state index contributed by atoms with van der Waals surface area (Å²) in [4.78, 5) is 0. The Morgan fingerprint density at radius 3 is 2.35 bits per heavy atom. The second-order valence-corrected chi connectivity index (χ2v) is 40.0. The predicted molar refractivity (Wildman–Crippen MR) is 98.5 cm³/mol. The van der Waals surface area contributed by atoms with E-state index in [-0.39, 0.29) is 24.8 Å². The molecule has 0 unspecified atom stereocenters. The maximum atomic E-state index is 5.90. The molecule has 7 heteroatoms. The molecule has 0 saturated carbocycles. The Morgan fingerprint density at radius 1 is 1.30 bits per heavy atom. The van der Waals surface area contributed by atoms with Crippen molar-refractivity contribution >= 4 is 40.0 Å². The van der Waals surface area contributed by atoms with Crippen LogP contribution in [0, 0.1) is 0 Å². The van der Waals surface area contributed by atoms with Gasteiger partial charge in [-0.25, -0.2) is 0 Å². The van der Waals surface area contributed by atoms with E-state index in [1.165, 1.54) is 6.42 Å². The normalized spacial score (nSPS) is 15.4. The molecule has 0 aromatic rings. The average molecular weight is 436 g/mol. The predicted octanol–water partition coefficient (Wildman–Crippen LogP) is 3.75. The number of rotatable bonds is 7. The Bertz CT molecular complexity index is 425. The van der Waals surface area contributed by atoms with Crippen molar-refractivity contribution in [1.82, 2.24) is 3.26 Å². The first-order valence-corrected chi connectivity index (χ1v) is 23.6. The number of halogens is 2. The molecule has 1 aliphatic rings. The van der Waals surface area contributed by atoms with Crippen molar-refractivity contribution in [3.8, 4) is 0 Å². The van der Waals surface area contributed by atoms with Gasteiger partial charge in [0.05, 0.1) is 0 Å². The van der Waals surface area contributed by atoms with Gasteiger partial charge < -0.3 is 0 Å². The SMILES string of the molecule is C[Si](C)(C)OCCC[NH][Zr]([CH3])([CH3])(=[SiH2])[C]1=CC=CC1.Cl.Cl. The summed E-state index contributed by atoms with van der Waals surface area (Å²) in [5, 5.41) is 0. The molecule has 0 bridgehead atoms. The third-order valence-corrected chi connectivity index (χ3v) is 18.0. The van der Waals surface area contributed by atoms with E-state index in [1.54, 1.807) is 3.28 Å². The van der Waals surface area contributed by atoms with Crippen LogP contribution in [-0.2, 0) is 22.1 Å². The van der Waals surface area contributed by atoms with Gasteiger partial charge in [0.1, 0.15) is 0 Å². The maximum absolute atomic E-state index is 5.90. The summed E-state index contributed by atoms with van der Waals surface area (Å²) in [5.74, 6) is 0. The fraction of sp³-hybridized carbons (Fsp3) is 0.692. The van der Waals surface area contributed by atoms with Gasteiger partial charge >= 0.3 is 117 Å². The second-order valence-electron chi connectivity index (χ2n) is 7.25. The summed E-state index contributed by atoms with van der Waals surface area (Å²) in [5.41, 5.74) is 0. The number of nitrogens with one attached hydrogen (secondary N) is 1. The first-order chi connectivity index (χ1) is 8.09. The molecule has 0 spiro atoms. The number of hydrogen-bond acceptors (Lipinski definition) is 2. The zero-order chi connectivity index (χ0) is 13.9. The Balaban J connectivity index is 0. The van der Waals surface area contributed by atoms with Gasteiger partial charge in [-0.1, -0.05) is 0 Å². The minimum atomic E-state index is -2.73. The molecule has 0 amide bonds. The summed E-state index contributed by atoms with van der Waals surface area (Å²) in [6.45, 7) is 11.0. The Labute approximate surface area is 141 Å². The third-order valence-electron chi connectivity index (χ3n) is 3.35. The van der Waals surface area contributed by atoms with Crippen molar-refractivity contribution in [2.24, 2.45) is 0 Å². The largest absolute Gasteiger partial charge is 0.147 e. The first kappa shape index (κ1) is 23.6. The number of allylic oxidation sites excluding steroid dienone is 4. The van der Waals surface area contributed by atoms with E-state index in [2.05, 4.69) is 57.3 Å². The van der Waals surface area contributed by atoms with E-state index >= 15 is 0 Å².